The maximum absolute atomic E-state index is 13.2. The maximum Gasteiger partial charge on any atom is 0.241 e. The molecule has 2 aromatic rings. The third-order valence-electron chi connectivity index (χ3n) is 5.16. The molecule has 7 heteroatoms. The van der Waals surface area contributed by atoms with Gasteiger partial charge in [0.1, 0.15) is 11.6 Å². The van der Waals surface area contributed by atoms with Crippen LogP contribution in [0.5, 0.6) is 5.75 Å². The van der Waals surface area contributed by atoms with Gasteiger partial charge in [0.15, 0.2) is 0 Å². The predicted molar refractivity (Wildman–Crippen MR) is 114 cm³/mol. The number of ether oxygens (including phenoxy) is 1. The zero-order valence-electron chi connectivity index (χ0n) is 16.8. The summed E-state index contributed by atoms with van der Waals surface area (Å²) in [5.74, 6) is 0.324. The maximum atomic E-state index is 13.2. The van der Waals surface area contributed by atoms with Crippen LogP contribution < -0.4 is 10.1 Å². The number of anilines is 1. The Labute approximate surface area is 176 Å². The van der Waals surface area contributed by atoms with E-state index in [0.717, 1.165) is 38.5 Å². The Balaban J connectivity index is 1.48. The lowest BCUT2D eigenvalue weighted by atomic mass is 10.1. The first-order chi connectivity index (χ1) is 14.0. The SMILES string of the molecule is CCOc1ccc(CN2CCN(C(C)C(=O)Nc3ccc(F)cc3Cl)CC2)cc1. The van der Waals surface area contributed by atoms with E-state index in [-0.39, 0.29) is 17.0 Å². The third kappa shape index (κ3) is 5.92. The van der Waals surface area contributed by atoms with Gasteiger partial charge in [-0.3, -0.25) is 14.6 Å². The molecule has 1 heterocycles. The van der Waals surface area contributed by atoms with E-state index < -0.39 is 5.82 Å². The summed E-state index contributed by atoms with van der Waals surface area (Å²) in [6.07, 6.45) is 0. The van der Waals surface area contributed by atoms with E-state index in [1.54, 1.807) is 0 Å². The monoisotopic (exact) mass is 419 g/mol. The van der Waals surface area contributed by atoms with E-state index in [4.69, 9.17) is 16.3 Å². The second kappa shape index (κ2) is 10.1. The van der Waals surface area contributed by atoms with Gasteiger partial charge in [0, 0.05) is 32.7 Å². The number of hydrogen-bond donors (Lipinski definition) is 1. The number of hydrogen-bond acceptors (Lipinski definition) is 4. The minimum Gasteiger partial charge on any atom is -0.494 e. The number of rotatable bonds is 7. The van der Waals surface area contributed by atoms with Crippen LogP contribution in [0.4, 0.5) is 10.1 Å². The van der Waals surface area contributed by atoms with Crippen LogP contribution in [0.15, 0.2) is 42.5 Å². The number of piperazine rings is 1. The Morgan fingerprint density at radius 3 is 2.48 bits per heavy atom. The van der Waals surface area contributed by atoms with E-state index in [1.807, 2.05) is 26.0 Å². The van der Waals surface area contributed by atoms with Crippen molar-refractivity contribution in [2.75, 3.05) is 38.1 Å². The van der Waals surface area contributed by atoms with Gasteiger partial charge >= 0.3 is 0 Å². The van der Waals surface area contributed by atoms with E-state index in [9.17, 15) is 9.18 Å². The van der Waals surface area contributed by atoms with Crippen LogP contribution in [-0.4, -0.2) is 54.5 Å². The Morgan fingerprint density at radius 1 is 1.17 bits per heavy atom. The molecule has 3 rings (SSSR count). The van der Waals surface area contributed by atoms with Crippen molar-refractivity contribution in [2.45, 2.75) is 26.4 Å². The first-order valence-electron chi connectivity index (χ1n) is 9.90. The Bertz CT molecular complexity index is 823. The number of benzene rings is 2. The first-order valence-corrected chi connectivity index (χ1v) is 10.3. The number of nitrogens with zero attached hydrogens (tertiary/aromatic N) is 2. The molecule has 1 N–H and O–H groups in total. The van der Waals surface area contributed by atoms with Crippen molar-refractivity contribution >= 4 is 23.2 Å². The van der Waals surface area contributed by atoms with E-state index in [0.29, 0.717) is 12.3 Å². The molecule has 1 unspecified atom stereocenters. The molecule has 1 fully saturated rings. The molecule has 0 spiro atoms. The summed E-state index contributed by atoms with van der Waals surface area (Å²) < 4.78 is 18.6. The van der Waals surface area contributed by atoms with Crippen molar-refractivity contribution < 1.29 is 13.9 Å². The number of carbonyl (C=O) groups is 1. The predicted octanol–water partition coefficient (Wildman–Crippen LogP) is 4.02. The summed E-state index contributed by atoms with van der Waals surface area (Å²) >= 11 is 6.00. The van der Waals surface area contributed by atoms with Crippen molar-refractivity contribution in [3.63, 3.8) is 0 Å². The topological polar surface area (TPSA) is 44.8 Å². The van der Waals surface area contributed by atoms with Gasteiger partial charge in [-0.15, -0.1) is 0 Å². The molecule has 0 saturated carbocycles. The average Bonchev–Trinajstić information content (AvgIpc) is 2.72. The van der Waals surface area contributed by atoms with Crippen molar-refractivity contribution in [1.82, 2.24) is 9.80 Å². The van der Waals surface area contributed by atoms with E-state index >= 15 is 0 Å². The highest BCUT2D eigenvalue weighted by Crippen LogP contribution is 2.23. The molecule has 29 heavy (non-hydrogen) atoms. The molecular weight excluding hydrogens is 393 g/mol. The molecule has 0 aliphatic carbocycles. The number of amides is 1. The molecule has 1 aliphatic heterocycles. The molecule has 1 atom stereocenters. The largest absolute Gasteiger partial charge is 0.494 e. The van der Waals surface area contributed by atoms with Crippen LogP contribution in [0.25, 0.3) is 0 Å². The van der Waals surface area contributed by atoms with Gasteiger partial charge in [0.25, 0.3) is 0 Å². The van der Waals surface area contributed by atoms with Crippen LogP contribution in [0.1, 0.15) is 19.4 Å². The third-order valence-corrected chi connectivity index (χ3v) is 5.48. The number of carbonyl (C=O) groups excluding carboxylic acids is 1. The van der Waals surface area contributed by atoms with Gasteiger partial charge in [-0.05, 0) is 49.7 Å². The Kier molecular flexibility index (Phi) is 7.47. The zero-order chi connectivity index (χ0) is 20.8. The fourth-order valence-corrected chi connectivity index (χ4v) is 3.63. The summed E-state index contributed by atoms with van der Waals surface area (Å²) in [6, 6.07) is 11.9. The number of halogens is 2. The summed E-state index contributed by atoms with van der Waals surface area (Å²) in [5, 5.41) is 3.00. The zero-order valence-corrected chi connectivity index (χ0v) is 17.6. The van der Waals surface area contributed by atoms with E-state index in [2.05, 4.69) is 27.2 Å². The molecule has 0 aromatic heterocycles. The average molecular weight is 420 g/mol. The Hall–Kier alpha value is -2.15. The highest BCUT2D eigenvalue weighted by Gasteiger charge is 2.26. The van der Waals surface area contributed by atoms with Crippen LogP contribution in [0.3, 0.4) is 0 Å². The molecule has 156 valence electrons. The van der Waals surface area contributed by atoms with Gasteiger partial charge in [0.2, 0.25) is 5.91 Å². The van der Waals surface area contributed by atoms with Gasteiger partial charge < -0.3 is 10.1 Å². The quantitative estimate of drug-likeness (QED) is 0.736. The summed E-state index contributed by atoms with van der Waals surface area (Å²) in [4.78, 5) is 17.1. The molecule has 1 amide bonds. The molecule has 0 radical (unpaired) electrons. The lowest BCUT2D eigenvalue weighted by molar-refractivity contribution is -0.121. The summed E-state index contributed by atoms with van der Waals surface area (Å²) in [5.41, 5.74) is 1.68. The summed E-state index contributed by atoms with van der Waals surface area (Å²) in [7, 11) is 0. The van der Waals surface area contributed by atoms with Crippen molar-refractivity contribution in [3.05, 3.63) is 58.9 Å². The fraction of sp³-hybridized carbons (Fsp3) is 0.409. The second-order valence-electron chi connectivity index (χ2n) is 7.18. The Morgan fingerprint density at radius 2 is 1.86 bits per heavy atom. The van der Waals surface area contributed by atoms with Gasteiger partial charge in [0.05, 0.1) is 23.4 Å². The smallest absolute Gasteiger partial charge is 0.241 e. The molecule has 1 saturated heterocycles. The molecule has 0 bridgehead atoms. The summed E-state index contributed by atoms with van der Waals surface area (Å²) in [6.45, 7) is 8.81. The molecular formula is C22H27ClFN3O2. The van der Waals surface area contributed by atoms with Crippen LogP contribution in [0.2, 0.25) is 5.02 Å². The van der Waals surface area contributed by atoms with Crippen molar-refractivity contribution in [3.8, 4) is 5.75 Å². The standard InChI is InChI=1S/C22H27ClFN3O2/c1-3-29-19-7-4-17(5-8-19)15-26-10-12-27(13-11-26)16(2)22(28)25-21-9-6-18(24)14-20(21)23/h4-9,14,16H,3,10-13,15H2,1-2H3,(H,25,28). The highest BCUT2D eigenvalue weighted by atomic mass is 35.5. The van der Waals surface area contributed by atoms with Crippen molar-refractivity contribution in [2.24, 2.45) is 0 Å². The highest BCUT2D eigenvalue weighted by molar-refractivity contribution is 6.33. The molecule has 2 aromatic carbocycles. The van der Waals surface area contributed by atoms with Gasteiger partial charge in [-0.1, -0.05) is 23.7 Å². The lowest BCUT2D eigenvalue weighted by Crippen LogP contribution is -2.52. The van der Waals surface area contributed by atoms with Crippen LogP contribution >= 0.6 is 11.6 Å². The fourth-order valence-electron chi connectivity index (χ4n) is 3.42. The van der Waals surface area contributed by atoms with Gasteiger partial charge in [-0.25, -0.2) is 4.39 Å². The van der Waals surface area contributed by atoms with E-state index in [1.165, 1.54) is 23.8 Å². The first kappa shape index (κ1) is 21.6. The van der Waals surface area contributed by atoms with Gasteiger partial charge in [-0.2, -0.15) is 0 Å². The normalized spacial score (nSPS) is 16.4. The second-order valence-corrected chi connectivity index (χ2v) is 7.59. The van der Waals surface area contributed by atoms with Crippen LogP contribution in [0, 0.1) is 5.82 Å². The number of nitrogens with one attached hydrogen (secondary N) is 1. The van der Waals surface area contributed by atoms with Crippen LogP contribution in [-0.2, 0) is 11.3 Å². The minimum atomic E-state index is -0.426. The molecule has 1 aliphatic rings. The minimum absolute atomic E-state index is 0.140. The lowest BCUT2D eigenvalue weighted by Gasteiger charge is -2.37. The molecule has 5 nitrogen and oxygen atoms in total. The van der Waals surface area contributed by atoms with Crippen molar-refractivity contribution in [1.29, 1.82) is 0 Å².